The van der Waals surface area contributed by atoms with Crippen molar-refractivity contribution >= 4 is 28.4 Å². The van der Waals surface area contributed by atoms with Crippen molar-refractivity contribution < 1.29 is 14.4 Å². The number of fused-ring (bicyclic) bond motifs is 1. The molecule has 0 radical (unpaired) electrons. The molecule has 2 heterocycles. The van der Waals surface area contributed by atoms with E-state index in [-0.39, 0.29) is 11.1 Å². The van der Waals surface area contributed by atoms with Gasteiger partial charge in [0.05, 0.1) is 23.1 Å². The number of anilines is 2. The molecule has 32 heavy (non-hydrogen) atoms. The highest BCUT2D eigenvalue weighted by atomic mass is 16.6. The molecular formula is C23H23N5O4. The van der Waals surface area contributed by atoms with Crippen molar-refractivity contribution in [2.24, 2.45) is 0 Å². The SMILES string of the molecule is COc1ccc(Nc2nc3cc([N+](=O)[O-])ccc3[nH]2)c(Oc2ccccc2C(C)(C)C)n1. The van der Waals surface area contributed by atoms with Crippen LogP contribution in [0.1, 0.15) is 26.3 Å². The van der Waals surface area contributed by atoms with Crippen LogP contribution in [0.2, 0.25) is 0 Å². The third-order valence-corrected chi connectivity index (χ3v) is 4.88. The van der Waals surface area contributed by atoms with Gasteiger partial charge >= 0.3 is 0 Å². The number of methoxy groups -OCH3 is 1. The number of rotatable bonds is 6. The van der Waals surface area contributed by atoms with Gasteiger partial charge in [-0.15, -0.1) is 0 Å². The van der Waals surface area contributed by atoms with E-state index in [2.05, 4.69) is 41.0 Å². The Labute approximate surface area is 184 Å². The summed E-state index contributed by atoms with van der Waals surface area (Å²) < 4.78 is 11.5. The van der Waals surface area contributed by atoms with Crippen LogP contribution in [-0.2, 0) is 5.41 Å². The van der Waals surface area contributed by atoms with Gasteiger partial charge in [-0.2, -0.15) is 4.98 Å². The van der Waals surface area contributed by atoms with Gasteiger partial charge in [-0.1, -0.05) is 39.0 Å². The van der Waals surface area contributed by atoms with Crippen LogP contribution in [0.4, 0.5) is 17.3 Å². The van der Waals surface area contributed by atoms with Gasteiger partial charge in [0.15, 0.2) is 0 Å². The van der Waals surface area contributed by atoms with Crippen LogP contribution in [0.15, 0.2) is 54.6 Å². The zero-order valence-electron chi connectivity index (χ0n) is 18.2. The molecule has 0 fully saturated rings. The minimum Gasteiger partial charge on any atom is -0.481 e. The lowest BCUT2D eigenvalue weighted by atomic mass is 9.86. The van der Waals surface area contributed by atoms with Crippen molar-refractivity contribution in [3.05, 3.63) is 70.3 Å². The van der Waals surface area contributed by atoms with Crippen LogP contribution in [-0.4, -0.2) is 27.0 Å². The molecule has 9 nitrogen and oxygen atoms in total. The number of H-pyrrole nitrogens is 1. The van der Waals surface area contributed by atoms with E-state index in [4.69, 9.17) is 9.47 Å². The predicted molar refractivity (Wildman–Crippen MR) is 122 cm³/mol. The molecule has 0 aliphatic heterocycles. The molecule has 4 rings (SSSR count). The quantitative estimate of drug-likeness (QED) is 0.296. The summed E-state index contributed by atoms with van der Waals surface area (Å²) in [6.45, 7) is 6.34. The molecule has 0 spiro atoms. The number of nitrogens with one attached hydrogen (secondary N) is 2. The zero-order chi connectivity index (χ0) is 22.9. The summed E-state index contributed by atoms with van der Waals surface area (Å²) in [5.41, 5.74) is 2.58. The second kappa shape index (κ2) is 8.18. The summed E-state index contributed by atoms with van der Waals surface area (Å²) in [4.78, 5) is 22.6. The van der Waals surface area contributed by atoms with E-state index in [1.165, 1.54) is 19.2 Å². The molecule has 2 N–H and O–H groups in total. The first-order valence-electron chi connectivity index (χ1n) is 9.98. The van der Waals surface area contributed by atoms with E-state index in [1.807, 2.05) is 24.3 Å². The average Bonchev–Trinajstić information content (AvgIpc) is 3.16. The highest BCUT2D eigenvalue weighted by Crippen LogP contribution is 2.37. The van der Waals surface area contributed by atoms with Crippen LogP contribution in [0.25, 0.3) is 11.0 Å². The predicted octanol–water partition coefficient (Wildman–Crippen LogP) is 5.71. The number of hydrogen-bond acceptors (Lipinski definition) is 7. The van der Waals surface area contributed by atoms with Crippen molar-refractivity contribution in [2.75, 3.05) is 12.4 Å². The molecule has 2 aromatic heterocycles. The number of benzene rings is 2. The maximum Gasteiger partial charge on any atom is 0.271 e. The molecule has 0 atom stereocenters. The standard InChI is InChI=1S/C23H23N5O4/c1-23(2,3)15-7-5-6-8-19(15)32-21-17(11-12-20(27-21)31-4)25-22-24-16-10-9-14(28(29)30)13-18(16)26-22/h5-13H,1-4H3,(H2,24,25,26). The summed E-state index contributed by atoms with van der Waals surface area (Å²) in [7, 11) is 1.54. The summed E-state index contributed by atoms with van der Waals surface area (Å²) in [6, 6.07) is 15.7. The summed E-state index contributed by atoms with van der Waals surface area (Å²) in [5.74, 6) is 1.80. The number of aromatic nitrogens is 3. The third-order valence-electron chi connectivity index (χ3n) is 4.88. The number of ether oxygens (including phenoxy) is 2. The Morgan fingerprint density at radius 3 is 2.56 bits per heavy atom. The number of aromatic amines is 1. The van der Waals surface area contributed by atoms with Crippen LogP contribution < -0.4 is 14.8 Å². The van der Waals surface area contributed by atoms with Crippen LogP contribution in [0.5, 0.6) is 17.5 Å². The first-order valence-corrected chi connectivity index (χ1v) is 9.98. The van der Waals surface area contributed by atoms with Crippen molar-refractivity contribution in [1.82, 2.24) is 15.0 Å². The first kappa shape index (κ1) is 21.1. The number of nitro benzene ring substituents is 1. The minimum atomic E-state index is -0.451. The smallest absolute Gasteiger partial charge is 0.271 e. The Morgan fingerprint density at radius 2 is 1.84 bits per heavy atom. The lowest BCUT2D eigenvalue weighted by molar-refractivity contribution is -0.384. The van der Waals surface area contributed by atoms with Gasteiger partial charge in [-0.05, 0) is 23.6 Å². The molecule has 164 valence electrons. The Balaban J connectivity index is 1.70. The Bertz CT molecular complexity index is 1290. The fourth-order valence-electron chi connectivity index (χ4n) is 3.28. The van der Waals surface area contributed by atoms with Crippen LogP contribution >= 0.6 is 0 Å². The fourth-order valence-corrected chi connectivity index (χ4v) is 3.28. The molecule has 0 aliphatic carbocycles. The van der Waals surface area contributed by atoms with E-state index in [1.54, 1.807) is 18.2 Å². The maximum atomic E-state index is 11.0. The highest BCUT2D eigenvalue weighted by Gasteiger charge is 2.21. The van der Waals surface area contributed by atoms with Gasteiger partial charge in [0.25, 0.3) is 5.69 Å². The number of imidazole rings is 1. The molecule has 0 saturated carbocycles. The normalized spacial score (nSPS) is 11.4. The number of pyridine rings is 1. The van der Waals surface area contributed by atoms with E-state index >= 15 is 0 Å². The molecule has 0 aliphatic rings. The number of nitrogens with zero attached hydrogens (tertiary/aromatic N) is 3. The Morgan fingerprint density at radius 1 is 1.06 bits per heavy atom. The van der Waals surface area contributed by atoms with Gasteiger partial charge in [0.2, 0.25) is 17.7 Å². The van der Waals surface area contributed by atoms with E-state index < -0.39 is 4.92 Å². The fraction of sp³-hybridized carbons (Fsp3) is 0.217. The molecule has 0 saturated heterocycles. The molecule has 0 amide bonds. The van der Waals surface area contributed by atoms with Gasteiger partial charge < -0.3 is 19.8 Å². The van der Waals surface area contributed by atoms with E-state index in [9.17, 15) is 10.1 Å². The average molecular weight is 433 g/mol. The van der Waals surface area contributed by atoms with Gasteiger partial charge in [-0.3, -0.25) is 10.1 Å². The topological polar surface area (TPSA) is 115 Å². The molecule has 0 unspecified atom stereocenters. The van der Waals surface area contributed by atoms with Crippen molar-refractivity contribution in [1.29, 1.82) is 0 Å². The van der Waals surface area contributed by atoms with E-state index in [0.717, 1.165) is 5.56 Å². The third kappa shape index (κ3) is 4.31. The Hall–Kier alpha value is -4.14. The van der Waals surface area contributed by atoms with Crippen LogP contribution in [0.3, 0.4) is 0 Å². The van der Waals surface area contributed by atoms with Gasteiger partial charge in [-0.25, -0.2) is 4.98 Å². The zero-order valence-corrected chi connectivity index (χ0v) is 18.2. The molecule has 2 aromatic carbocycles. The van der Waals surface area contributed by atoms with Gasteiger partial charge in [0, 0.05) is 23.8 Å². The van der Waals surface area contributed by atoms with Crippen LogP contribution in [0, 0.1) is 10.1 Å². The molecular weight excluding hydrogens is 410 g/mol. The molecule has 4 aromatic rings. The van der Waals surface area contributed by atoms with E-state index in [0.29, 0.717) is 40.2 Å². The summed E-state index contributed by atoms with van der Waals surface area (Å²) in [5, 5.41) is 14.2. The maximum absolute atomic E-state index is 11.0. The number of nitro groups is 1. The number of non-ortho nitro benzene ring substituents is 1. The lowest BCUT2D eigenvalue weighted by Gasteiger charge is -2.23. The van der Waals surface area contributed by atoms with Crippen molar-refractivity contribution in [2.45, 2.75) is 26.2 Å². The second-order valence-corrected chi connectivity index (χ2v) is 8.22. The number of hydrogen-bond donors (Lipinski definition) is 2. The number of para-hydroxylation sites is 1. The minimum absolute atomic E-state index is 0.0236. The van der Waals surface area contributed by atoms with Gasteiger partial charge in [0.1, 0.15) is 11.4 Å². The highest BCUT2D eigenvalue weighted by molar-refractivity contribution is 5.81. The first-order chi connectivity index (χ1) is 15.2. The summed E-state index contributed by atoms with van der Waals surface area (Å²) >= 11 is 0. The molecule has 0 bridgehead atoms. The Kier molecular flexibility index (Phi) is 5.40. The largest absolute Gasteiger partial charge is 0.481 e. The monoisotopic (exact) mass is 433 g/mol. The lowest BCUT2D eigenvalue weighted by Crippen LogP contribution is -2.12. The molecule has 9 heteroatoms. The van der Waals surface area contributed by atoms with Crippen molar-refractivity contribution in [3.63, 3.8) is 0 Å². The van der Waals surface area contributed by atoms with Crippen molar-refractivity contribution in [3.8, 4) is 17.5 Å². The summed E-state index contributed by atoms with van der Waals surface area (Å²) in [6.07, 6.45) is 0. The second-order valence-electron chi connectivity index (χ2n) is 8.22.